The number of nitrogens with one attached hydrogen (secondary N) is 1. The Kier molecular flexibility index (Phi) is 3.97. The molecule has 0 bridgehead atoms. The number of carbonyl (C=O) groups excluding carboxylic acids is 1. The molecule has 0 aliphatic carbocycles. The lowest BCUT2D eigenvalue weighted by molar-refractivity contribution is 0.0600. The topological polar surface area (TPSA) is 42.1 Å². The Morgan fingerprint density at radius 2 is 1.90 bits per heavy atom. The van der Waals surface area contributed by atoms with Gasteiger partial charge in [0, 0.05) is 16.7 Å². The maximum Gasteiger partial charge on any atom is 0.338 e. The van der Waals surface area contributed by atoms with E-state index in [4.69, 9.17) is 4.74 Å². The van der Waals surface area contributed by atoms with Gasteiger partial charge >= 0.3 is 5.97 Å². The molecular weight excluding hydrogens is 282 g/mol. The highest BCUT2D eigenvalue weighted by Gasteiger charge is 2.11. The number of rotatable bonds is 4. The summed E-state index contributed by atoms with van der Waals surface area (Å²) < 4.78 is 4.82. The minimum Gasteiger partial charge on any atom is -0.465 e. The molecular formula is C17H15NO2S. The molecule has 106 valence electrons. The van der Waals surface area contributed by atoms with E-state index < -0.39 is 0 Å². The first-order chi connectivity index (χ1) is 10.3. The third-order valence-corrected chi connectivity index (χ3v) is 4.30. The maximum absolute atomic E-state index is 11.7. The van der Waals surface area contributed by atoms with E-state index in [1.165, 1.54) is 12.5 Å². The van der Waals surface area contributed by atoms with Gasteiger partial charge in [-0.05, 0) is 23.8 Å². The second kappa shape index (κ2) is 6.06. The fourth-order valence-electron chi connectivity index (χ4n) is 2.24. The van der Waals surface area contributed by atoms with Crippen LogP contribution in [0.25, 0.3) is 10.9 Å². The second-order valence-corrected chi connectivity index (χ2v) is 5.68. The molecule has 0 saturated carbocycles. The van der Waals surface area contributed by atoms with Gasteiger partial charge in [0.2, 0.25) is 0 Å². The largest absolute Gasteiger partial charge is 0.465 e. The number of hydrogen-bond acceptors (Lipinski definition) is 3. The molecule has 0 aliphatic heterocycles. The molecule has 0 radical (unpaired) electrons. The van der Waals surface area contributed by atoms with Crippen molar-refractivity contribution in [2.24, 2.45) is 0 Å². The Morgan fingerprint density at radius 3 is 2.71 bits per heavy atom. The van der Waals surface area contributed by atoms with Gasteiger partial charge in [-0.3, -0.25) is 0 Å². The standard InChI is InChI=1S/C17H15NO2S/c1-20-17(19)14-8-4-2-7-13(14)11-21-16-10-12-6-3-5-9-15(12)18-16/h2-10,18H,11H2,1H3. The summed E-state index contributed by atoms with van der Waals surface area (Å²) in [6, 6.07) is 17.9. The zero-order valence-electron chi connectivity index (χ0n) is 11.6. The van der Waals surface area contributed by atoms with E-state index in [-0.39, 0.29) is 5.97 Å². The highest BCUT2D eigenvalue weighted by atomic mass is 32.2. The highest BCUT2D eigenvalue weighted by molar-refractivity contribution is 7.98. The normalized spacial score (nSPS) is 10.7. The number of H-pyrrole nitrogens is 1. The molecule has 3 aromatic rings. The number of ether oxygens (including phenoxy) is 1. The van der Waals surface area contributed by atoms with E-state index >= 15 is 0 Å². The maximum atomic E-state index is 11.7. The molecule has 0 aliphatic rings. The van der Waals surface area contributed by atoms with Crippen molar-refractivity contribution in [3.8, 4) is 0 Å². The number of aromatic nitrogens is 1. The van der Waals surface area contributed by atoms with Crippen LogP contribution in [0.15, 0.2) is 59.6 Å². The zero-order chi connectivity index (χ0) is 14.7. The van der Waals surface area contributed by atoms with Crippen molar-refractivity contribution in [1.82, 2.24) is 4.98 Å². The minimum atomic E-state index is -0.289. The average molecular weight is 297 g/mol. The van der Waals surface area contributed by atoms with Gasteiger partial charge in [0.15, 0.2) is 0 Å². The average Bonchev–Trinajstić information content (AvgIpc) is 2.95. The molecule has 0 spiro atoms. The molecule has 3 nitrogen and oxygen atoms in total. The molecule has 0 unspecified atom stereocenters. The van der Waals surface area contributed by atoms with Crippen LogP contribution >= 0.6 is 11.8 Å². The van der Waals surface area contributed by atoms with Crippen molar-refractivity contribution in [2.45, 2.75) is 10.8 Å². The molecule has 0 amide bonds. The molecule has 1 heterocycles. The van der Waals surface area contributed by atoms with Crippen LogP contribution in [0.1, 0.15) is 15.9 Å². The molecule has 3 rings (SSSR count). The third kappa shape index (κ3) is 2.95. The summed E-state index contributed by atoms with van der Waals surface area (Å²) in [5.41, 5.74) is 2.73. The van der Waals surface area contributed by atoms with Gasteiger partial charge < -0.3 is 9.72 Å². The monoisotopic (exact) mass is 297 g/mol. The van der Waals surface area contributed by atoms with Gasteiger partial charge in [0.05, 0.1) is 17.7 Å². The fraction of sp³-hybridized carbons (Fsp3) is 0.118. The van der Waals surface area contributed by atoms with E-state index in [0.717, 1.165) is 21.9 Å². The van der Waals surface area contributed by atoms with E-state index in [2.05, 4.69) is 23.2 Å². The minimum absolute atomic E-state index is 0.289. The molecule has 4 heteroatoms. The van der Waals surface area contributed by atoms with Gasteiger partial charge in [-0.25, -0.2) is 4.79 Å². The smallest absolute Gasteiger partial charge is 0.338 e. The second-order valence-electron chi connectivity index (χ2n) is 4.66. The molecule has 0 atom stereocenters. The Bertz CT molecular complexity index is 746. The van der Waals surface area contributed by atoms with Gasteiger partial charge in [-0.15, -0.1) is 11.8 Å². The van der Waals surface area contributed by atoms with Crippen LogP contribution in [0.3, 0.4) is 0 Å². The van der Waals surface area contributed by atoms with Crippen molar-refractivity contribution in [3.63, 3.8) is 0 Å². The van der Waals surface area contributed by atoms with Crippen molar-refractivity contribution < 1.29 is 9.53 Å². The number of benzene rings is 2. The fourth-order valence-corrected chi connectivity index (χ4v) is 3.19. The number of thioether (sulfide) groups is 1. The summed E-state index contributed by atoms with van der Waals surface area (Å²) in [6.45, 7) is 0. The SMILES string of the molecule is COC(=O)c1ccccc1CSc1cc2ccccc2[nH]1. The summed E-state index contributed by atoms with van der Waals surface area (Å²) in [5, 5.41) is 2.29. The summed E-state index contributed by atoms with van der Waals surface area (Å²) >= 11 is 1.68. The number of esters is 1. The Morgan fingerprint density at radius 1 is 1.14 bits per heavy atom. The van der Waals surface area contributed by atoms with Crippen molar-refractivity contribution in [3.05, 3.63) is 65.7 Å². The molecule has 0 fully saturated rings. The molecule has 21 heavy (non-hydrogen) atoms. The third-order valence-electron chi connectivity index (χ3n) is 3.31. The van der Waals surface area contributed by atoms with E-state index in [1.54, 1.807) is 17.8 Å². The number of aromatic amines is 1. The quantitative estimate of drug-likeness (QED) is 0.578. The summed E-state index contributed by atoms with van der Waals surface area (Å²) in [5.74, 6) is 0.431. The number of carbonyl (C=O) groups is 1. The van der Waals surface area contributed by atoms with Crippen LogP contribution in [-0.4, -0.2) is 18.1 Å². The summed E-state index contributed by atoms with van der Waals surface area (Å²) in [7, 11) is 1.41. The number of para-hydroxylation sites is 1. The first kappa shape index (κ1) is 13.8. The van der Waals surface area contributed by atoms with E-state index in [9.17, 15) is 4.79 Å². The van der Waals surface area contributed by atoms with Gasteiger partial charge in [0.1, 0.15) is 0 Å². The number of methoxy groups -OCH3 is 1. The predicted octanol–water partition coefficient (Wildman–Crippen LogP) is 4.25. The number of hydrogen-bond donors (Lipinski definition) is 1. The van der Waals surface area contributed by atoms with Crippen LogP contribution in [0.4, 0.5) is 0 Å². The van der Waals surface area contributed by atoms with Crippen LogP contribution in [0, 0.1) is 0 Å². The Hall–Kier alpha value is -2.20. The van der Waals surface area contributed by atoms with Crippen LogP contribution in [0.2, 0.25) is 0 Å². The molecule has 1 N–H and O–H groups in total. The first-order valence-electron chi connectivity index (χ1n) is 6.64. The summed E-state index contributed by atoms with van der Waals surface area (Å²) in [6.07, 6.45) is 0. The van der Waals surface area contributed by atoms with Gasteiger partial charge in [-0.1, -0.05) is 36.4 Å². The van der Waals surface area contributed by atoms with Crippen molar-refractivity contribution >= 4 is 28.6 Å². The molecule has 2 aromatic carbocycles. The van der Waals surface area contributed by atoms with E-state index in [1.807, 2.05) is 30.3 Å². The van der Waals surface area contributed by atoms with Crippen LogP contribution < -0.4 is 0 Å². The molecule has 1 aromatic heterocycles. The van der Waals surface area contributed by atoms with Crippen molar-refractivity contribution in [1.29, 1.82) is 0 Å². The lowest BCUT2D eigenvalue weighted by Gasteiger charge is -2.06. The Labute approximate surface area is 127 Å². The first-order valence-corrected chi connectivity index (χ1v) is 7.63. The molecule has 0 saturated heterocycles. The lowest BCUT2D eigenvalue weighted by atomic mass is 10.1. The van der Waals surface area contributed by atoms with Crippen LogP contribution in [-0.2, 0) is 10.5 Å². The van der Waals surface area contributed by atoms with Crippen molar-refractivity contribution in [2.75, 3.05) is 7.11 Å². The predicted molar refractivity (Wildman–Crippen MR) is 85.6 cm³/mol. The van der Waals surface area contributed by atoms with Gasteiger partial charge in [-0.2, -0.15) is 0 Å². The zero-order valence-corrected chi connectivity index (χ0v) is 12.4. The lowest BCUT2D eigenvalue weighted by Crippen LogP contribution is -2.04. The highest BCUT2D eigenvalue weighted by Crippen LogP contribution is 2.27. The van der Waals surface area contributed by atoms with Gasteiger partial charge in [0.25, 0.3) is 0 Å². The summed E-state index contributed by atoms with van der Waals surface area (Å²) in [4.78, 5) is 15.1. The number of fused-ring (bicyclic) bond motifs is 1. The van der Waals surface area contributed by atoms with E-state index in [0.29, 0.717) is 5.56 Å². The Balaban J connectivity index is 1.80. The van der Waals surface area contributed by atoms with Crippen LogP contribution in [0.5, 0.6) is 0 Å².